The van der Waals surface area contributed by atoms with Crippen LogP contribution in [0.5, 0.6) is 5.75 Å². The molecule has 1 atom stereocenters. The van der Waals surface area contributed by atoms with Gasteiger partial charge in [-0.2, -0.15) is 5.43 Å². The molecule has 0 aliphatic carbocycles. The van der Waals surface area contributed by atoms with Crippen molar-refractivity contribution in [2.24, 2.45) is 0 Å². The number of hydrogen-bond acceptors (Lipinski definition) is 5. The summed E-state index contributed by atoms with van der Waals surface area (Å²) in [6.45, 7) is 7.66. The van der Waals surface area contributed by atoms with Gasteiger partial charge in [0, 0.05) is 25.9 Å². The highest BCUT2D eigenvalue weighted by atomic mass is 16.6. The number of hydrogen-bond donors (Lipinski definition) is 2. The van der Waals surface area contributed by atoms with Crippen LogP contribution in [-0.2, 0) is 14.9 Å². The number of piperidine rings is 1. The van der Waals surface area contributed by atoms with Crippen molar-refractivity contribution in [2.45, 2.75) is 51.4 Å². The second kappa shape index (κ2) is 6.92. The Kier molecular flexibility index (Phi) is 4.85. The summed E-state index contributed by atoms with van der Waals surface area (Å²) in [6, 6.07) is 8.11. The summed E-state index contributed by atoms with van der Waals surface area (Å²) in [5.74, 6) is 0.683. The lowest BCUT2D eigenvalue weighted by atomic mass is 9.86. The van der Waals surface area contributed by atoms with Crippen LogP contribution in [0.25, 0.3) is 0 Å². The smallest absolute Gasteiger partial charge is 0.423 e. The van der Waals surface area contributed by atoms with E-state index in [9.17, 15) is 9.59 Å². The first-order chi connectivity index (χ1) is 11.8. The molecular formula is C18H25N3O4. The van der Waals surface area contributed by atoms with Crippen LogP contribution in [-0.4, -0.2) is 42.3 Å². The molecule has 2 aliphatic rings. The number of benzene rings is 1. The monoisotopic (exact) mass is 347 g/mol. The Bertz CT molecular complexity index is 648. The Morgan fingerprint density at radius 3 is 2.52 bits per heavy atom. The summed E-state index contributed by atoms with van der Waals surface area (Å²) in [5, 5.41) is 0. The predicted molar refractivity (Wildman–Crippen MR) is 91.9 cm³/mol. The van der Waals surface area contributed by atoms with Crippen LogP contribution >= 0.6 is 0 Å². The second-order valence-corrected chi connectivity index (χ2v) is 7.44. The van der Waals surface area contributed by atoms with E-state index in [1.807, 2.05) is 18.2 Å². The maximum absolute atomic E-state index is 12.3. The first-order valence-electron chi connectivity index (χ1n) is 8.62. The third-order valence-corrected chi connectivity index (χ3v) is 4.50. The minimum absolute atomic E-state index is 0.0122. The fourth-order valence-electron chi connectivity index (χ4n) is 3.13. The summed E-state index contributed by atoms with van der Waals surface area (Å²) in [5.41, 5.74) is 6.00. The standard InChI is InChI=1S/C18H25N3O4/c1-18(2,3)13-6-4-5-7-14(13)24-12-8-10-21(11-9-12)16(22)15-19-20-17(23)25-15/h4-7,12,15,19H,8-11H2,1-3H3,(H,20,23). The molecule has 1 aromatic carbocycles. The zero-order valence-corrected chi connectivity index (χ0v) is 14.9. The lowest BCUT2D eigenvalue weighted by Gasteiger charge is -2.34. The molecule has 2 aliphatic heterocycles. The zero-order valence-electron chi connectivity index (χ0n) is 14.9. The molecule has 0 bridgehead atoms. The number of cyclic esters (lactones) is 1. The van der Waals surface area contributed by atoms with Gasteiger partial charge in [-0.25, -0.2) is 4.79 Å². The summed E-state index contributed by atoms with van der Waals surface area (Å²) in [7, 11) is 0. The Morgan fingerprint density at radius 1 is 1.24 bits per heavy atom. The zero-order chi connectivity index (χ0) is 18.0. The fraction of sp³-hybridized carbons (Fsp3) is 0.556. The van der Waals surface area contributed by atoms with E-state index in [1.165, 1.54) is 5.56 Å². The van der Waals surface area contributed by atoms with Gasteiger partial charge in [0.15, 0.2) is 0 Å². The average molecular weight is 347 g/mol. The van der Waals surface area contributed by atoms with E-state index in [0.29, 0.717) is 13.1 Å². The number of amides is 2. The lowest BCUT2D eigenvalue weighted by molar-refractivity contribution is -0.141. The number of rotatable bonds is 3. The molecule has 0 radical (unpaired) electrons. The van der Waals surface area contributed by atoms with Gasteiger partial charge in [-0.15, -0.1) is 0 Å². The summed E-state index contributed by atoms with van der Waals surface area (Å²) < 4.78 is 11.1. The number of likely N-dealkylation sites (tertiary alicyclic amines) is 1. The fourth-order valence-corrected chi connectivity index (χ4v) is 3.13. The van der Waals surface area contributed by atoms with Crippen LogP contribution < -0.4 is 15.6 Å². The summed E-state index contributed by atoms with van der Waals surface area (Å²) in [4.78, 5) is 25.0. The number of ether oxygens (including phenoxy) is 2. The molecule has 2 amide bonds. The number of nitrogens with zero attached hydrogens (tertiary/aromatic N) is 1. The van der Waals surface area contributed by atoms with Crippen LogP contribution in [0.4, 0.5) is 4.79 Å². The molecule has 2 N–H and O–H groups in total. The van der Waals surface area contributed by atoms with Crippen molar-refractivity contribution in [1.82, 2.24) is 15.8 Å². The molecule has 1 aromatic rings. The van der Waals surface area contributed by atoms with Crippen LogP contribution in [0.3, 0.4) is 0 Å². The topological polar surface area (TPSA) is 79.9 Å². The van der Waals surface area contributed by atoms with Crippen molar-refractivity contribution in [3.05, 3.63) is 29.8 Å². The summed E-state index contributed by atoms with van der Waals surface area (Å²) >= 11 is 0. The maximum atomic E-state index is 12.3. The van der Waals surface area contributed by atoms with E-state index < -0.39 is 12.3 Å². The van der Waals surface area contributed by atoms with Gasteiger partial charge in [0.2, 0.25) is 0 Å². The lowest BCUT2D eigenvalue weighted by Crippen LogP contribution is -2.50. The van der Waals surface area contributed by atoms with Crippen LogP contribution in [0.2, 0.25) is 0 Å². The van der Waals surface area contributed by atoms with Gasteiger partial charge in [0.1, 0.15) is 11.9 Å². The van der Waals surface area contributed by atoms with Crippen LogP contribution in [0.1, 0.15) is 39.2 Å². The molecule has 2 heterocycles. The largest absolute Gasteiger partial charge is 0.490 e. The Labute approximate surface area is 147 Å². The van der Waals surface area contributed by atoms with Crippen molar-refractivity contribution < 1.29 is 19.1 Å². The Balaban J connectivity index is 1.57. The van der Waals surface area contributed by atoms with Gasteiger partial charge in [-0.3, -0.25) is 10.2 Å². The number of nitrogens with one attached hydrogen (secondary N) is 2. The molecule has 1 unspecified atom stereocenters. The molecule has 0 saturated carbocycles. The molecule has 7 heteroatoms. The minimum Gasteiger partial charge on any atom is -0.490 e. The van der Waals surface area contributed by atoms with Crippen molar-refractivity contribution in [3.63, 3.8) is 0 Å². The highest BCUT2D eigenvalue weighted by Gasteiger charge is 2.35. The van der Waals surface area contributed by atoms with Gasteiger partial charge in [-0.1, -0.05) is 39.0 Å². The van der Waals surface area contributed by atoms with Crippen molar-refractivity contribution in [3.8, 4) is 5.75 Å². The van der Waals surface area contributed by atoms with Gasteiger partial charge in [-0.05, 0) is 17.0 Å². The van der Waals surface area contributed by atoms with Gasteiger partial charge in [0.05, 0.1) is 0 Å². The molecule has 3 rings (SSSR count). The van der Waals surface area contributed by atoms with E-state index >= 15 is 0 Å². The molecule has 0 aromatic heterocycles. The van der Waals surface area contributed by atoms with Crippen LogP contribution in [0, 0.1) is 0 Å². The molecule has 7 nitrogen and oxygen atoms in total. The van der Waals surface area contributed by atoms with E-state index in [-0.39, 0.29) is 17.4 Å². The third-order valence-electron chi connectivity index (χ3n) is 4.50. The minimum atomic E-state index is -0.938. The normalized spacial score (nSPS) is 21.6. The van der Waals surface area contributed by atoms with Gasteiger partial charge < -0.3 is 14.4 Å². The molecule has 0 spiro atoms. The summed E-state index contributed by atoms with van der Waals surface area (Å²) in [6.07, 6.45) is 0.00286. The molecule has 136 valence electrons. The third kappa shape index (κ3) is 4.04. The van der Waals surface area contributed by atoms with Crippen LogP contribution in [0.15, 0.2) is 24.3 Å². The highest BCUT2D eigenvalue weighted by Crippen LogP contribution is 2.32. The SMILES string of the molecule is CC(C)(C)c1ccccc1OC1CCN(C(=O)C2NNC(=O)O2)CC1. The van der Waals surface area contributed by atoms with E-state index in [2.05, 4.69) is 37.7 Å². The van der Waals surface area contributed by atoms with Crippen molar-refractivity contribution >= 4 is 12.0 Å². The average Bonchev–Trinajstić information content (AvgIpc) is 3.01. The second-order valence-electron chi connectivity index (χ2n) is 7.44. The predicted octanol–water partition coefficient (Wildman–Crippen LogP) is 1.92. The van der Waals surface area contributed by atoms with E-state index in [1.54, 1.807) is 4.90 Å². The van der Waals surface area contributed by atoms with Crippen molar-refractivity contribution in [1.29, 1.82) is 0 Å². The Hall–Kier alpha value is -2.28. The van der Waals surface area contributed by atoms with E-state index in [4.69, 9.17) is 9.47 Å². The maximum Gasteiger partial charge on any atom is 0.423 e. The molecular weight excluding hydrogens is 322 g/mol. The van der Waals surface area contributed by atoms with E-state index in [0.717, 1.165) is 18.6 Å². The highest BCUT2D eigenvalue weighted by molar-refractivity contribution is 5.85. The quantitative estimate of drug-likeness (QED) is 0.873. The van der Waals surface area contributed by atoms with Gasteiger partial charge in [0.25, 0.3) is 12.1 Å². The van der Waals surface area contributed by atoms with Crippen molar-refractivity contribution in [2.75, 3.05) is 13.1 Å². The number of para-hydroxylation sites is 1. The Morgan fingerprint density at radius 2 is 1.92 bits per heavy atom. The number of carbonyl (C=O) groups is 2. The number of hydrazine groups is 1. The first-order valence-corrected chi connectivity index (χ1v) is 8.62. The molecule has 25 heavy (non-hydrogen) atoms. The number of carbonyl (C=O) groups excluding carboxylic acids is 2. The molecule has 2 saturated heterocycles. The van der Waals surface area contributed by atoms with Gasteiger partial charge >= 0.3 is 6.09 Å². The first kappa shape index (κ1) is 17.5. The molecule has 2 fully saturated rings.